The van der Waals surface area contributed by atoms with Crippen molar-refractivity contribution >= 4 is 27.5 Å². The Labute approximate surface area is 176 Å². The molecule has 9 nitrogen and oxygen atoms in total. The van der Waals surface area contributed by atoms with Crippen molar-refractivity contribution in [3.63, 3.8) is 0 Å². The molecule has 0 saturated carbocycles. The topological polar surface area (TPSA) is 109 Å². The Bertz CT molecular complexity index is 968. The molecular weight excluding hydrogens is 410 g/mol. The molecule has 0 aliphatic heterocycles. The minimum atomic E-state index is -3.80. The van der Waals surface area contributed by atoms with Crippen molar-refractivity contribution in [1.82, 2.24) is 9.21 Å². The van der Waals surface area contributed by atoms with Gasteiger partial charge in [-0.05, 0) is 37.3 Å². The van der Waals surface area contributed by atoms with Crippen LogP contribution in [0.1, 0.15) is 31.3 Å². The van der Waals surface area contributed by atoms with Gasteiger partial charge in [0, 0.05) is 25.8 Å². The zero-order valence-corrected chi connectivity index (χ0v) is 18.4. The lowest BCUT2D eigenvalue weighted by Gasteiger charge is -2.21. The van der Waals surface area contributed by atoms with E-state index in [0.717, 1.165) is 0 Å². The molecule has 2 amide bonds. The molecule has 0 spiro atoms. The molecule has 0 bridgehead atoms. The van der Waals surface area contributed by atoms with Crippen molar-refractivity contribution in [3.05, 3.63) is 42.4 Å². The van der Waals surface area contributed by atoms with E-state index >= 15 is 0 Å². The van der Waals surface area contributed by atoms with E-state index in [1.165, 1.54) is 40.7 Å². The number of carbonyl (C=O) groups is 2. The number of hydrogen-bond acceptors (Lipinski definition) is 6. The van der Waals surface area contributed by atoms with Crippen molar-refractivity contribution in [3.8, 4) is 5.75 Å². The molecule has 10 heteroatoms. The minimum Gasteiger partial charge on any atom is -0.492 e. The summed E-state index contributed by atoms with van der Waals surface area (Å²) >= 11 is 0. The summed E-state index contributed by atoms with van der Waals surface area (Å²) in [6.45, 7) is 5.94. The van der Waals surface area contributed by atoms with Gasteiger partial charge in [-0.2, -0.15) is 4.31 Å². The normalized spacial score (nSPS) is 11.4. The first-order chi connectivity index (χ1) is 14.2. The quantitative estimate of drug-likeness (QED) is 0.611. The number of nitrogens with one attached hydrogen (secondary N) is 1. The van der Waals surface area contributed by atoms with Gasteiger partial charge in [-0.25, -0.2) is 8.42 Å². The number of hydrogen-bond donors (Lipinski definition) is 1. The van der Waals surface area contributed by atoms with Crippen molar-refractivity contribution < 1.29 is 27.2 Å². The lowest BCUT2D eigenvalue weighted by molar-refractivity contribution is -0.116. The van der Waals surface area contributed by atoms with Crippen LogP contribution in [0.25, 0.3) is 0 Å². The van der Waals surface area contributed by atoms with E-state index in [1.54, 1.807) is 32.9 Å². The Morgan fingerprint density at radius 3 is 2.40 bits per heavy atom. The molecule has 1 heterocycles. The first kappa shape index (κ1) is 23.4. The summed E-state index contributed by atoms with van der Waals surface area (Å²) in [6, 6.07) is 7.52. The van der Waals surface area contributed by atoms with Gasteiger partial charge in [0.2, 0.25) is 15.9 Å². The van der Waals surface area contributed by atoms with Gasteiger partial charge in [-0.1, -0.05) is 13.8 Å². The third kappa shape index (κ3) is 5.39. The maximum atomic E-state index is 13.0. The predicted molar refractivity (Wildman–Crippen MR) is 112 cm³/mol. The largest absolute Gasteiger partial charge is 0.492 e. The average Bonchev–Trinajstić information content (AvgIpc) is 3.24. The Kier molecular flexibility index (Phi) is 8.01. The summed E-state index contributed by atoms with van der Waals surface area (Å²) in [5.74, 6) is -0.578. The molecule has 0 aliphatic carbocycles. The highest BCUT2D eigenvalue weighted by molar-refractivity contribution is 7.89. The molecule has 2 aromatic rings. The van der Waals surface area contributed by atoms with Crippen molar-refractivity contribution in [2.24, 2.45) is 0 Å². The molecule has 1 N–H and O–H groups in total. The van der Waals surface area contributed by atoms with E-state index in [4.69, 9.17) is 9.15 Å². The van der Waals surface area contributed by atoms with E-state index in [0.29, 0.717) is 19.7 Å². The fourth-order valence-electron chi connectivity index (χ4n) is 2.84. The van der Waals surface area contributed by atoms with Gasteiger partial charge in [-0.15, -0.1) is 0 Å². The van der Waals surface area contributed by atoms with Crippen LogP contribution in [0.4, 0.5) is 5.69 Å². The van der Waals surface area contributed by atoms with Crippen LogP contribution < -0.4 is 10.1 Å². The number of amides is 2. The highest BCUT2D eigenvalue weighted by Crippen LogP contribution is 2.30. The molecule has 0 unspecified atom stereocenters. The van der Waals surface area contributed by atoms with E-state index < -0.39 is 21.8 Å². The third-order valence-corrected chi connectivity index (χ3v) is 6.38. The minimum absolute atomic E-state index is 0.0223. The molecule has 0 saturated heterocycles. The van der Waals surface area contributed by atoms with Crippen LogP contribution in [0.3, 0.4) is 0 Å². The van der Waals surface area contributed by atoms with E-state index in [1.807, 2.05) is 0 Å². The molecule has 0 atom stereocenters. The van der Waals surface area contributed by atoms with Crippen LogP contribution in [0, 0.1) is 0 Å². The fraction of sp³-hybridized carbons (Fsp3) is 0.400. The molecule has 1 aromatic heterocycles. The number of furan rings is 1. The summed E-state index contributed by atoms with van der Waals surface area (Å²) in [7, 11) is -2.33. The molecule has 2 rings (SSSR count). The van der Waals surface area contributed by atoms with Crippen LogP contribution >= 0.6 is 0 Å². The number of likely N-dealkylation sites (N-methyl/N-ethyl adjacent to an activating group) is 1. The maximum Gasteiger partial charge on any atom is 0.289 e. The van der Waals surface area contributed by atoms with Gasteiger partial charge in [-0.3, -0.25) is 9.59 Å². The Morgan fingerprint density at radius 1 is 1.13 bits per heavy atom. The molecule has 164 valence electrons. The Morgan fingerprint density at radius 2 is 1.83 bits per heavy atom. The van der Waals surface area contributed by atoms with Crippen LogP contribution in [-0.4, -0.2) is 62.7 Å². The highest BCUT2D eigenvalue weighted by Gasteiger charge is 2.26. The SMILES string of the molecule is CCOc1ccc(NC(=O)CN(C)C(=O)c2ccco2)cc1S(=O)(=O)N(CC)CC. The van der Waals surface area contributed by atoms with Crippen LogP contribution in [0.15, 0.2) is 45.9 Å². The van der Waals surface area contributed by atoms with Crippen molar-refractivity contribution in [1.29, 1.82) is 0 Å². The number of benzene rings is 1. The molecule has 0 radical (unpaired) electrons. The zero-order chi connectivity index (χ0) is 22.3. The fourth-order valence-corrected chi connectivity index (χ4v) is 4.46. The molecule has 0 fully saturated rings. The van der Waals surface area contributed by atoms with E-state index in [2.05, 4.69) is 5.32 Å². The van der Waals surface area contributed by atoms with Crippen molar-refractivity contribution in [2.45, 2.75) is 25.7 Å². The predicted octanol–water partition coefficient (Wildman–Crippen LogP) is 2.42. The highest BCUT2D eigenvalue weighted by atomic mass is 32.2. The second kappa shape index (κ2) is 10.3. The summed E-state index contributed by atoms with van der Waals surface area (Å²) < 4.78 is 37.8. The van der Waals surface area contributed by atoms with Gasteiger partial charge in [0.1, 0.15) is 10.6 Å². The third-order valence-electron chi connectivity index (χ3n) is 4.31. The van der Waals surface area contributed by atoms with Gasteiger partial charge in [0.25, 0.3) is 5.91 Å². The first-order valence-corrected chi connectivity index (χ1v) is 11.0. The number of nitrogens with zero attached hydrogens (tertiary/aromatic N) is 2. The summed E-state index contributed by atoms with van der Waals surface area (Å²) in [6.07, 6.45) is 1.37. The van der Waals surface area contributed by atoms with E-state index in [9.17, 15) is 18.0 Å². The number of rotatable bonds is 10. The van der Waals surface area contributed by atoms with Gasteiger partial charge >= 0.3 is 0 Å². The monoisotopic (exact) mass is 437 g/mol. The average molecular weight is 438 g/mol. The van der Waals surface area contributed by atoms with Crippen molar-refractivity contribution in [2.75, 3.05) is 38.6 Å². The van der Waals surface area contributed by atoms with Gasteiger partial charge in [0.15, 0.2) is 5.76 Å². The maximum absolute atomic E-state index is 13.0. The number of carbonyl (C=O) groups excluding carboxylic acids is 2. The lowest BCUT2D eigenvalue weighted by Crippen LogP contribution is -2.35. The van der Waals surface area contributed by atoms with Crippen LogP contribution in [-0.2, 0) is 14.8 Å². The second-order valence-corrected chi connectivity index (χ2v) is 8.28. The number of sulfonamides is 1. The Hall–Kier alpha value is -2.85. The summed E-state index contributed by atoms with van der Waals surface area (Å²) in [5.41, 5.74) is 0.285. The Balaban J connectivity index is 2.21. The molecular formula is C20H27N3O6S. The molecule has 1 aromatic carbocycles. The smallest absolute Gasteiger partial charge is 0.289 e. The van der Waals surface area contributed by atoms with Gasteiger partial charge < -0.3 is 19.4 Å². The van der Waals surface area contributed by atoms with Crippen LogP contribution in [0.5, 0.6) is 5.75 Å². The van der Waals surface area contributed by atoms with Gasteiger partial charge in [0.05, 0.1) is 19.4 Å². The first-order valence-electron chi connectivity index (χ1n) is 9.60. The number of anilines is 1. The summed E-state index contributed by atoms with van der Waals surface area (Å²) in [5, 5.41) is 2.63. The van der Waals surface area contributed by atoms with E-state index in [-0.39, 0.29) is 28.6 Å². The standard InChI is InChI=1S/C20H27N3O6S/c1-5-23(6-2)30(26,27)18-13-15(10-11-16(18)28-7-3)21-19(24)14-22(4)20(25)17-9-8-12-29-17/h8-13H,5-7,14H2,1-4H3,(H,21,24). The zero-order valence-electron chi connectivity index (χ0n) is 17.5. The van der Waals surface area contributed by atoms with Crippen LogP contribution in [0.2, 0.25) is 0 Å². The summed E-state index contributed by atoms with van der Waals surface area (Å²) in [4.78, 5) is 25.8. The molecule has 30 heavy (non-hydrogen) atoms. The number of ether oxygens (including phenoxy) is 1. The second-order valence-electron chi connectivity index (χ2n) is 6.37. The molecule has 0 aliphatic rings. The lowest BCUT2D eigenvalue weighted by atomic mass is 10.3.